The van der Waals surface area contributed by atoms with Crippen molar-refractivity contribution in [2.24, 2.45) is 0 Å². The number of benzene rings is 1. The number of H-pyrrole nitrogens is 2. The van der Waals surface area contributed by atoms with Gasteiger partial charge in [0.25, 0.3) is 0 Å². The maximum absolute atomic E-state index is 12.8. The molecule has 3 aromatic heterocycles. The Kier molecular flexibility index (Phi) is 4.84. The molecule has 0 aliphatic carbocycles. The number of amides is 1. The van der Waals surface area contributed by atoms with Crippen LogP contribution in [0.15, 0.2) is 36.4 Å². The number of thiazole rings is 1. The molecule has 0 saturated carbocycles. The van der Waals surface area contributed by atoms with E-state index in [1.165, 1.54) is 16.2 Å². The minimum atomic E-state index is -0.520. The molecule has 3 heterocycles. The number of carbonyl (C=O) groups is 1. The first-order chi connectivity index (χ1) is 13.5. The van der Waals surface area contributed by atoms with Crippen molar-refractivity contribution in [1.29, 1.82) is 0 Å². The van der Waals surface area contributed by atoms with Gasteiger partial charge in [0.1, 0.15) is 16.4 Å². The van der Waals surface area contributed by atoms with Crippen molar-refractivity contribution < 1.29 is 9.53 Å². The number of aromatic nitrogens is 6. The Bertz CT molecular complexity index is 1170. The number of tetrazole rings is 1. The summed E-state index contributed by atoms with van der Waals surface area (Å²) in [6.45, 7) is 3.79. The average Bonchev–Trinajstić information content (AvgIpc) is 3.30. The summed E-state index contributed by atoms with van der Waals surface area (Å²) in [5.74, 6) is 1.37. The largest absolute Gasteiger partial charge is 0.421 e. The topological polar surface area (TPSA) is 113 Å². The zero-order valence-electron chi connectivity index (χ0n) is 14.9. The van der Waals surface area contributed by atoms with Crippen LogP contribution in [0.2, 0.25) is 0 Å². The molecule has 0 atom stereocenters. The first kappa shape index (κ1) is 18.2. The van der Waals surface area contributed by atoms with Gasteiger partial charge < -0.3 is 9.72 Å². The van der Waals surface area contributed by atoms with E-state index in [2.05, 4.69) is 30.6 Å². The highest BCUT2D eigenvalue weighted by Gasteiger charge is 2.23. The molecule has 4 rings (SSSR count). The molecule has 0 saturated heterocycles. The van der Waals surface area contributed by atoms with Gasteiger partial charge in [-0.05, 0) is 67.7 Å². The fourth-order valence-corrected chi connectivity index (χ4v) is 3.69. The Morgan fingerprint density at radius 2 is 2.00 bits per heavy atom. The Balaban J connectivity index is 1.57. The highest BCUT2D eigenvalue weighted by Crippen LogP contribution is 2.25. The molecular formula is C17H15N7O2S2. The lowest BCUT2D eigenvalue weighted by molar-refractivity contribution is 0.205. The number of pyridine rings is 1. The fourth-order valence-electron chi connectivity index (χ4n) is 2.64. The van der Waals surface area contributed by atoms with Crippen molar-refractivity contribution in [3.05, 3.63) is 40.4 Å². The quantitative estimate of drug-likeness (QED) is 0.487. The van der Waals surface area contributed by atoms with Crippen molar-refractivity contribution >= 4 is 45.8 Å². The van der Waals surface area contributed by atoms with E-state index in [9.17, 15) is 4.79 Å². The van der Waals surface area contributed by atoms with Crippen LogP contribution in [0.1, 0.15) is 13.8 Å². The van der Waals surface area contributed by atoms with Gasteiger partial charge in [-0.15, -0.1) is 10.2 Å². The van der Waals surface area contributed by atoms with E-state index in [4.69, 9.17) is 17.0 Å². The lowest BCUT2D eigenvalue weighted by atomic mass is 10.2. The summed E-state index contributed by atoms with van der Waals surface area (Å²) in [5.41, 5.74) is 1.60. The van der Waals surface area contributed by atoms with Crippen LogP contribution in [-0.4, -0.2) is 42.7 Å². The summed E-state index contributed by atoms with van der Waals surface area (Å²) in [7, 11) is 0. The minimum Gasteiger partial charge on any atom is -0.410 e. The molecule has 11 heteroatoms. The maximum atomic E-state index is 12.8. The van der Waals surface area contributed by atoms with Crippen molar-refractivity contribution in [3.8, 4) is 17.1 Å². The van der Waals surface area contributed by atoms with Gasteiger partial charge in [0.2, 0.25) is 5.82 Å². The van der Waals surface area contributed by atoms with E-state index in [-0.39, 0.29) is 6.04 Å². The molecule has 0 fully saturated rings. The second kappa shape index (κ2) is 7.44. The van der Waals surface area contributed by atoms with Gasteiger partial charge in [0, 0.05) is 11.6 Å². The Hall–Kier alpha value is -3.18. The SMILES string of the molecule is CC(C)N(C(=O)Oc1ccc(-c2nn[nH]n2)cc1)c1ccc2[nH]c(=S)sc2n1. The van der Waals surface area contributed by atoms with E-state index in [0.29, 0.717) is 21.3 Å². The monoisotopic (exact) mass is 413 g/mol. The van der Waals surface area contributed by atoms with Crippen molar-refractivity contribution in [3.63, 3.8) is 0 Å². The molecule has 0 radical (unpaired) electrons. The molecule has 9 nitrogen and oxygen atoms in total. The average molecular weight is 413 g/mol. The van der Waals surface area contributed by atoms with Gasteiger partial charge in [0.05, 0.1) is 5.52 Å². The molecule has 0 unspecified atom stereocenters. The normalized spacial score (nSPS) is 11.1. The van der Waals surface area contributed by atoms with Gasteiger partial charge in [-0.25, -0.2) is 9.78 Å². The van der Waals surface area contributed by atoms with Crippen LogP contribution in [-0.2, 0) is 0 Å². The van der Waals surface area contributed by atoms with Crippen molar-refractivity contribution in [2.75, 3.05) is 4.90 Å². The third-order valence-corrected chi connectivity index (χ3v) is 5.04. The lowest BCUT2D eigenvalue weighted by Gasteiger charge is -2.24. The number of nitrogens with one attached hydrogen (secondary N) is 2. The number of anilines is 1. The molecule has 28 heavy (non-hydrogen) atoms. The van der Waals surface area contributed by atoms with Gasteiger partial charge >= 0.3 is 6.09 Å². The molecule has 4 aromatic rings. The van der Waals surface area contributed by atoms with Crippen LogP contribution in [0.5, 0.6) is 5.75 Å². The van der Waals surface area contributed by atoms with Gasteiger partial charge in [-0.3, -0.25) is 4.90 Å². The number of rotatable bonds is 4. The molecule has 1 amide bonds. The summed E-state index contributed by atoms with van der Waals surface area (Å²) >= 11 is 6.52. The van der Waals surface area contributed by atoms with Crippen LogP contribution in [0.3, 0.4) is 0 Å². The van der Waals surface area contributed by atoms with E-state index < -0.39 is 6.09 Å². The van der Waals surface area contributed by atoms with Crippen LogP contribution in [0, 0.1) is 3.95 Å². The second-order valence-electron chi connectivity index (χ2n) is 6.13. The predicted molar refractivity (Wildman–Crippen MR) is 108 cm³/mol. The molecular weight excluding hydrogens is 398 g/mol. The van der Waals surface area contributed by atoms with E-state index in [0.717, 1.165) is 15.9 Å². The smallest absolute Gasteiger partial charge is 0.410 e. The fraction of sp³-hybridized carbons (Fsp3) is 0.176. The van der Waals surface area contributed by atoms with Gasteiger partial charge in [-0.1, -0.05) is 11.3 Å². The summed E-state index contributed by atoms with van der Waals surface area (Å²) < 4.78 is 6.18. The highest BCUT2D eigenvalue weighted by molar-refractivity contribution is 7.73. The van der Waals surface area contributed by atoms with Gasteiger partial charge in [-0.2, -0.15) is 5.21 Å². The van der Waals surface area contributed by atoms with Crippen LogP contribution >= 0.6 is 23.6 Å². The molecule has 0 spiro atoms. The van der Waals surface area contributed by atoms with E-state index >= 15 is 0 Å². The maximum Gasteiger partial charge on any atom is 0.421 e. The number of fused-ring (bicyclic) bond motifs is 1. The second-order valence-corrected chi connectivity index (χ2v) is 7.79. The predicted octanol–water partition coefficient (Wildman–Crippen LogP) is 3.95. The highest BCUT2D eigenvalue weighted by atomic mass is 32.1. The standard InChI is InChI=1S/C17H15N7O2S2/c1-9(2)24(13-8-7-12-15(19-13)28-16(27)18-12)17(25)26-11-5-3-10(4-6-11)14-20-22-23-21-14/h3-9H,1-2H3,(H,18,27)(H,20,21,22,23). The summed E-state index contributed by atoms with van der Waals surface area (Å²) in [5, 5.41) is 13.8. The third kappa shape index (κ3) is 3.62. The number of aromatic amines is 2. The minimum absolute atomic E-state index is 0.150. The van der Waals surface area contributed by atoms with Crippen LogP contribution < -0.4 is 9.64 Å². The van der Waals surface area contributed by atoms with Crippen LogP contribution in [0.4, 0.5) is 10.6 Å². The van der Waals surface area contributed by atoms with E-state index in [1.807, 2.05) is 19.9 Å². The summed E-state index contributed by atoms with van der Waals surface area (Å²) in [4.78, 5) is 22.7. The summed E-state index contributed by atoms with van der Waals surface area (Å²) in [6.07, 6.45) is -0.520. The number of hydrogen-bond acceptors (Lipinski definition) is 8. The molecule has 0 bridgehead atoms. The Morgan fingerprint density at radius 3 is 2.68 bits per heavy atom. The first-order valence-electron chi connectivity index (χ1n) is 8.36. The first-order valence-corrected chi connectivity index (χ1v) is 9.58. The van der Waals surface area contributed by atoms with Crippen molar-refractivity contribution in [1.82, 2.24) is 30.6 Å². The number of ether oxygens (including phenoxy) is 1. The number of nitrogens with zero attached hydrogens (tertiary/aromatic N) is 5. The molecule has 2 N–H and O–H groups in total. The zero-order chi connectivity index (χ0) is 19.7. The third-order valence-electron chi connectivity index (χ3n) is 3.89. The van der Waals surface area contributed by atoms with Crippen molar-refractivity contribution in [2.45, 2.75) is 19.9 Å². The lowest BCUT2D eigenvalue weighted by Crippen LogP contribution is -2.39. The van der Waals surface area contributed by atoms with Crippen LogP contribution in [0.25, 0.3) is 21.7 Å². The molecule has 1 aromatic carbocycles. The summed E-state index contributed by atoms with van der Waals surface area (Å²) in [6, 6.07) is 10.3. The van der Waals surface area contributed by atoms with E-state index in [1.54, 1.807) is 30.3 Å². The molecule has 0 aliphatic rings. The number of hydrogen-bond donors (Lipinski definition) is 2. The zero-order valence-corrected chi connectivity index (χ0v) is 16.5. The Morgan fingerprint density at radius 1 is 1.21 bits per heavy atom. The number of carbonyl (C=O) groups excluding carboxylic acids is 1. The molecule has 0 aliphatic heterocycles. The van der Waals surface area contributed by atoms with Gasteiger partial charge in [0.15, 0.2) is 3.95 Å². The Labute approximate surface area is 168 Å². The molecule has 142 valence electrons.